The van der Waals surface area contributed by atoms with Crippen molar-refractivity contribution in [3.8, 4) is 0 Å². The summed E-state index contributed by atoms with van der Waals surface area (Å²) in [5.74, 6) is 0. The van der Waals surface area contributed by atoms with Crippen LogP contribution in [0.5, 0.6) is 0 Å². The van der Waals surface area contributed by atoms with Gasteiger partial charge in [-0.05, 0) is 74.5 Å². The Hall–Kier alpha value is -0.410. The Kier molecular flexibility index (Phi) is 4.81. The predicted octanol–water partition coefficient (Wildman–Crippen LogP) is 5.68. The standard InChI is InChI=1S/C19H31BrN2/c1-17(2,3)16-14(9-10-15(20)21-16)13-22-18(4,5)11-8-12-19(22,6)7/h9-10H,8,11-13H2,1-7H3. The van der Waals surface area contributed by atoms with Gasteiger partial charge in [0.15, 0.2) is 0 Å². The number of aromatic nitrogens is 1. The maximum atomic E-state index is 4.80. The lowest BCUT2D eigenvalue weighted by Crippen LogP contribution is -2.58. The molecule has 1 aliphatic rings. The number of nitrogens with zero attached hydrogens (tertiary/aromatic N) is 2. The minimum atomic E-state index is 0.0587. The molecule has 1 aromatic heterocycles. The minimum absolute atomic E-state index is 0.0587. The van der Waals surface area contributed by atoms with Gasteiger partial charge < -0.3 is 0 Å². The highest BCUT2D eigenvalue weighted by Crippen LogP contribution is 2.40. The Morgan fingerprint density at radius 3 is 2.14 bits per heavy atom. The molecular formula is C19H31BrN2. The second kappa shape index (κ2) is 5.90. The summed E-state index contributed by atoms with van der Waals surface area (Å²) in [5.41, 5.74) is 3.11. The number of halogens is 1. The monoisotopic (exact) mass is 366 g/mol. The van der Waals surface area contributed by atoms with E-state index in [4.69, 9.17) is 4.98 Å². The van der Waals surface area contributed by atoms with Crippen molar-refractivity contribution in [1.82, 2.24) is 9.88 Å². The topological polar surface area (TPSA) is 16.1 Å². The molecule has 3 heteroatoms. The second-order valence-electron chi connectivity index (χ2n) is 8.96. The molecule has 2 nitrogen and oxygen atoms in total. The molecule has 0 N–H and O–H groups in total. The van der Waals surface area contributed by atoms with Crippen LogP contribution in [0.4, 0.5) is 0 Å². The van der Waals surface area contributed by atoms with Crippen molar-refractivity contribution in [3.05, 3.63) is 28.0 Å². The average Bonchev–Trinajstić information content (AvgIpc) is 2.33. The van der Waals surface area contributed by atoms with E-state index in [9.17, 15) is 0 Å². The molecule has 124 valence electrons. The molecule has 0 spiro atoms. The molecule has 1 aliphatic heterocycles. The fourth-order valence-corrected chi connectivity index (χ4v) is 4.19. The van der Waals surface area contributed by atoms with Gasteiger partial charge in [0.05, 0.1) is 5.69 Å². The zero-order valence-corrected chi connectivity index (χ0v) is 16.8. The molecule has 1 saturated heterocycles. The summed E-state index contributed by atoms with van der Waals surface area (Å²) in [4.78, 5) is 7.48. The summed E-state index contributed by atoms with van der Waals surface area (Å²) in [6, 6.07) is 4.33. The van der Waals surface area contributed by atoms with Crippen molar-refractivity contribution in [2.24, 2.45) is 0 Å². The Balaban J connectivity index is 2.41. The van der Waals surface area contributed by atoms with Crippen molar-refractivity contribution >= 4 is 15.9 Å². The molecule has 0 amide bonds. The highest BCUT2D eigenvalue weighted by Gasteiger charge is 2.41. The van der Waals surface area contributed by atoms with Crippen molar-refractivity contribution in [3.63, 3.8) is 0 Å². The fraction of sp³-hybridized carbons (Fsp3) is 0.737. The van der Waals surface area contributed by atoms with Gasteiger partial charge in [-0.3, -0.25) is 4.90 Å². The van der Waals surface area contributed by atoms with Crippen molar-refractivity contribution in [2.45, 2.75) is 90.8 Å². The van der Waals surface area contributed by atoms with Crippen LogP contribution in [0.2, 0.25) is 0 Å². The second-order valence-corrected chi connectivity index (χ2v) is 9.77. The first-order valence-corrected chi connectivity index (χ1v) is 9.16. The lowest BCUT2D eigenvalue weighted by Gasteiger charge is -2.53. The minimum Gasteiger partial charge on any atom is -0.289 e. The Labute approximate surface area is 144 Å². The molecule has 0 bridgehead atoms. The summed E-state index contributed by atoms with van der Waals surface area (Å²) in [7, 11) is 0. The zero-order valence-electron chi connectivity index (χ0n) is 15.3. The zero-order chi connectivity index (χ0) is 16.8. The van der Waals surface area contributed by atoms with Crippen LogP contribution in [0.3, 0.4) is 0 Å². The van der Waals surface area contributed by atoms with E-state index < -0.39 is 0 Å². The molecule has 2 heterocycles. The van der Waals surface area contributed by atoms with Crippen molar-refractivity contribution < 1.29 is 0 Å². The number of piperidine rings is 1. The Bertz CT molecular complexity index is 525. The first kappa shape index (κ1) is 17.9. The Morgan fingerprint density at radius 2 is 1.64 bits per heavy atom. The molecule has 0 saturated carbocycles. The van der Waals surface area contributed by atoms with Gasteiger partial charge >= 0.3 is 0 Å². The largest absolute Gasteiger partial charge is 0.289 e. The van der Waals surface area contributed by atoms with E-state index in [2.05, 4.69) is 81.4 Å². The van der Waals surface area contributed by atoms with Gasteiger partial charge in [-0.25, -0.2) is 4.98 Å². The third-order valence-corrected chi connectivity index (χ3v) is 5.46. The summed E-state index contributed by atoms with van der Waals surface area (Å²) in [5, 5.41) is 0. The summed E-state index contributed by atoms with van der Waals surface area (Å²) in [6.07, 6.45) is 3.86. The predicted molar refractivity (Wildman–Crippen MR) is 98.2 cm³/mol. The lowest BCUT2D eigenvalue weighted by molar-refractivity contribution is -0.0344. The SMILES string of the molecule is CC(C)(C)c1nc(Br)ccc1CN1C(C)(C)CCCC1(C)C. The van der Waals surface area contributed by atoms with Crippen LogP contribution in [0, 0.1) is 0 Å². The van der Waals surface area contributed by atoms with Crippen LogP contribution in [-0.4, -0.2) is 21.0 Å². The van der Waals surface area contributed by atoms with E-state index in [1.54, 1.807) is 0 Å². The molecule has 0 aromatic carbocycles. The molecule has 0 radical (unpaired) electrons. The Morgan fingerprint density at radius 1 is 1.09 bits per heavy atom. The molecule has 0 unspecified atom stereocenters. The van der Waals surface area contributed by atoms with E-state index in [1.807, 2.05) is 0 Å². The highest BCUT2D eigenvalue weighted by molar-refractivity contribution is 9.10. The summed E-state index contributed by atoms with van der Waals surface area (Å²) in [6.45, 7) is 17.3. The number of likely N-dealkylation sites (tertiary alicyclic amines) is 1. The van der Waals surface area contributed by atoms with Crippen LogP contribution >= 0.6 is 15.9 Å². The average molecular weight is 367 g/mol. The first-order valence-electron chi connectivity index (χ1n) is 8.37. The van der Waals surface area contributed by atoms with Crippen LogP contribution in [0.25, 0.3) is 0 Å². The maximum absolute atomic E-state index is 4.80. The van der Waals surface area contributed by atoms with Gasteiger partial charge in [-0.2, -0.15) is 0 Å². The van der Waals surface area contributed by atoms with Crippen LogP contribution in [0.1, 0.15) is 79.0 Å². The number of hydrogen-bond acceptors (Lipinski definition) is 2. The van der Waals surface area contributed by atoms with E-state index >= 15 is 0 Å². The van der Waals surface area contributed by atoms with Gasteiger partial charge in [-0.15, -0.1) is 0 Å². The number of pyridine rings is 1. The molecule has 1 fully saturated rings. The van der Waals surface area contributed by atoms with Gasteiger partial charge in [0.25, 0.3) is 0 Å². The van der Waals surface area contributed by atoms with Crippen LogP contribution < -0.4 is 0 Å². The van der Waals surface area contributed by atoms with Crippen LogP contribution in [0.15, 0.2) is 16.7 Å². The molecule has 0 atom stereocenters. The van der Waals surface area contributed by atoms with E-state index in [1.165, 1.54) is 30.5 Å². The molecule has 1 aromatic rings. The third-order valence-electron chi connectivity index (χ3n) is 5.02. The normalized spacial score (nSPS) is 21.8. The summed E-state index contributed by atoms with van der Waals surface area (Å²) < 4.78 is 0.929. The molecule has 0 aliphatic carbocycles. The van der Waals surface area contributed by atoms with Crippen LogP contribution in [-0.2, 0) is 12.0 Å². The molecular weight excluding hydrogens is 336 g/mol. The number of hydrogen-bond donors (Lipinski definition) is 0. The third kappa shape index (κ3) is 3.73. The van der Waals surface area contributed by atoms with E-state index in [0.717, 1.165) is 11.1 Å². The van der Waals surface area contributed by atoms with Gasteiger partial charge in [0, 0.05) is 23.0 Å². The number of rotatable bonds is 2. The van der Waals surface area contributed by atoms with E-state index in [0.29, 0.717) is 0 Å². The highest BCUT2D eigenvalue weighted by atomic mass is 79.9. The maximum Gasteiger partial charge on any atom is 0.106 e. The van der Waals surface area contributed by atoms with Gasteiger partial charge in [0.1, 0.15) is 4.60 Å². The van der Waals surface area contributed by atoms with Crippen molar-refractivity contribution in [2.75, 3.05) is 0 Å². The van der Waals surface area contributed by atoms with Gasteiger partial charge in [-0.1, -0.05) is 26.8 Å². The van der Waals surface area contributed by atoms with Gasteiger partial charge in [0.2, 0.25) is 0 Å². The van der Waals surface area contributed by atoms with Crippen molar-refractivity contribution in [1.29, 1.82) is 0 Å². The fourth-order valence-electron chi connectivity index (χ4n) is 3.88. The first-order chi connectivity index (χ1) is 9.93. The van der Waals surface area contributed by atoms with E-state index in [-0.39, 0.29) is 16.5 Å². The quantitative estimate of drug-likeness (QED) is 0.625. The molecule has 22 heavy (non-hydrogen) atoms. The lowest BCUT2D eigenvalue weighted by atomic mass is 9.79. The molecule has 2 rings (SSSR count). The summed E-state index contributed by atoms with van der Waals surface area (Å²) >= 11 is 3.53. The smallest absolute Gasteiger partial charge is 0.106 e.